The van der Waals surface area contributed by atoms with Crippen LogP contribution in [0, 0.1) is 12.8 Å². The monoisotopic (exact) mass is 266 g/mol. The number of hydrogen-bond acceptors (Lipinski definition) is 3. The SMILES string of the molecule is Cc1ccc(CN(C)C(=O)[C@H]2CCN[C@@H](C)C2)s1. The van der Waals surface area contributed by atoms with E-state index in [1.807, 2.05) is 11.9 Å². The molecular weight excluding hydrogens is 244 g/mol. The Kier molecular flexibility index (Phi) is 4.40. The number of carbonyl (C=O) groups is 1. The lowest BCUT2D eigenvalue weighted by Gasteiger charge is -2.30. The van der Waals surface area contributed by atoms with Gasteiger partial charge in [-0.05, 0) is 45.4 Å². The van der Waals surface area contributed by atoms with Crippen molar-refractivity contribution < 1.29 is 4.79 Å². The van der Waals surface area contributed by atoms with E-state index in [1.165, 1.54) is 9.75 Å². The quantitative estimate of drug-likeness (QED) is 0.911. The van der Waals surface area contributed by atoms with Gasteiger partial charge in [-0.3, -0.25) is 4.79 Å². The molecule has 2 rings (SSSR count). The molecular formula is C14H22N2OS. The lowest BCUT2D eigenvalue weighted by atomic mass is 9.92. The van der Waals surface area contributed by atoms with E-state index in [9.17, 15) is 4.79 Å². The van der Waals surface area contributed by atoms with Gasteiger partial charge in [0.05, 0.1) is 6.54 Å². The van der Waals surface area contributed by atoms with Gasteiger partial charge in [0.1, 0.15) is 0 Å². The van der Waals surface area contributed by atoms with E-state index in [2.05, 4.69) is 31.3 Å². The van der Waals surface area contributed by atoms with Crippen LogP contribution in [0.2, 0.25) is 0 Å². The van der Waals surface area contributed by atoms with Crippen LogP contribution >= 0.6 is 11.3 Å². The van der Waals surface area contributed by atoms with Gasteiger partial charge in [-0.2, -0.15) is 0 Å². The summed E-state index contributed by atoms with van der Waals surface area (Å²) in [5.41, 5.74) is 0. The van der Waals surface area contributed by atoms with Crippen LogP contribution in [0.1, 0.15) is 29.5 Å². The van der Waals surface area contributed by atoms with E-state index in [1.54, 1.807) is 11.3 Å². The van der Waals surface area contributed by atoms with Crippen LogP contribution < -0.4 is 5.32 Å². The van der Waals surface area contributed by atoms with E-state index in [0.717, 1.165) is 25.9 Å². The van der Waals surface area contributed by atoms with Crippen LogP contribution in [-0.4, -0.2) is 30.4 Å². The summed E-state index contributed by atoms with van der Waals surface area (Å²) in [6.45, 7) is 5.96. The Morgan fingerprint density at radius 2 is 2.33 bits per heavy atom. The summed E-state index contributed by atoms with van der Waals surface area (Å²) in [4.78, 5) is 16.8. The molecule has 18 heavy (non-hydrogen) atoms. The minimum atomic E-state index is 0.201. The highest BCUT2D eigenvalue weighted by molar-refractivity contribution is 7.11. The fraction of sp³-hybridized carbons (Fsp3) is 0.643. The molecule has 1 N–H and O–H groups in total. The highest BCUT2D eigenvalue weighted by atomic mass is 32.1. The smallest absolute Gasteiger partial charge is 0.225 e. The third-order valence-electron chi connectivity index (χ3n) is 3.54. The second-order valence-electron chi connectivity index (χ2n) is 5.28. The number of carbonyl (C=O) groups excluding carboxylic acids is 1. The Balaban J connectivity index is 1.91. The number of amides is 1. The Bertz CT molecular complexity index is 416. The molecule has 0 bridgehead atoms. The lowest BCUT2D eigenvalue weighted by molar-refractivity contribution is -0.135. The Hall–Kier alpha value is -0.870. The van der Waals surface area contributed by atoms with Crippen molar-refractivity contribution in [1.82, 2.24) is 10.2 Å². The van der Waals surface area contributed by atoms with Crippen molar-refractivity contribution >= 4 is 17.2 Å². The maximum atomic E-state index is 12.4. The summed E-state index contributed by atoms with van der Waals surface area (Å²) in [5, 5.41) is 3.39. The molecule has 1 aromatic rings. The van der Waals surface area contributed by atoms with Crippen LogP contribution in [0.4, 0.5) is 0 Å². The first-order chi connectivity index (χ1) is 8.56. The summed E-state index contributed by atoms with van der Waals surface area (Å²) in [5.74, 6) is 0.502. The third kappa shape index (κ3) is 3.33. The van der Waals surface area contributed by atoms with Crippen LogP contribution in [0.15, 0.2) is 12.1 Å². The van der Waals surface area contributed by atoms with E-state index in [-0.39, 0.29) is 5.92 Å². The fourth-order valence-corrected chi connectivity index (χ4v) is 3.49. The number of nitrogens with zero attached hydrogens (tertiary/aromatic N) is 1. The Morgan fingerprint density at radius 1 is 1.56 bits per heavy atom. The van der Waals surface area contributed by atoms with Gasteiger partial charge in [0.15, 0.2) is 0 Å². The molecule has 0 unspecified atom stereocenters. The van der Waals surface area contributed by atoms with Gasteiger partial charge < -0.3 is 10.2 Å². The van der Waals surface area contributed by atoms with Gasteiger partial charge in [0, 0.05) is 28.8 Å². The van der Waals surface area contributed by atoms with Crippen molar-refractivity contribution in [2.45, 2.75) is 39.3 Å². The number of rotatable bonds is 3. The van der Waals surface area contributed by atoms with Crippen LogP contribution in [0.25, 0.3) is 0 Å². The number of piperidine rings is 1. The number of nitrogens with one attached hydrogen (secondary N) is 1. The van der Waals surface area contributed by atoms with E-state index >= 15 is 0 Å². The van der Waals surface area contributed by atoms with Crippen molar-refractivity contribution in [3.8, 4) is 0 Å². The molecule has 1 aliphatic rings. The van der Waals surface area contributed by atoms with Crippen LogP contribution in [0.5, 0.6) is 0 Å². The van der Waals surface area contributed by atoms with Crippen molar-refractivity contribution in [2.24, 2.45) is 5.92 Å². The van der Waals surface area contributed by atoms with Gasteiger partial charge in [0.2, 0.25) is 5.91 Å². The summed E-state index contributed by atoms with van der Waals surface area (Å²) < 4.78 is 0. The molecule has 0 aliphatic carbocycles. The average molecular weight is 266 g/mol. The largest absolute Gasteiger partial charge is 0.340 e. The average Bonchev–Trinajstić information content (AvgIpc) is 2.73. The van der Waals surface area contributed by atoms with Crippen molar-refractivity contribution in [1.29, 1.82) is 0 Å². The van der Waals surface area contributed by atoms with Crippen molar-refractivity contribution in [3.05, 3.63) is 21.9 Å². The maximum Gasteiger partial charge on any atom is 0.225 e. The number of hydrogen-bond donors (Lipinski definition) is 1. The second kappa shape index (κ2) is 5.85. The first-order valence-corrected chi connectivity index (χ1v) is 7.41. The summed E-state index contributed by atoms with van der Waals surface area (Å²) in [6.07, 6.45) is 1.93. The predicted molar refractivity (Wildman–Crippen MR) is 75.7 cm³/mol. The molecule has 1 amide bonds. The maximum absolute atomic E-state index is 12.4. The van der Waals surface area contributed by atoms with Crippen LogP contribution in [-0.2, 0) is 11.3 Å². The van der Waals surface area contributed by atoms with Crippen LogP contribution in [0.3, 0.4) is 0 Å². The Morgan fingerprint density at radius 3 is 2.94 bits per heavy atom. The zero-order valence-corrected chi connectivity index (χ0v) is 12.2. The summed E-state index contributed by atoms with van der Waals surface area (Å²) in [7, 11) is 1.92. The fourth-order valence-electron chi connectivity index (χ4n) is 2.55. The zero-order chi connectivity index (χ0) is 13.1. The predicted octanol–water partition coefficient (Wildman–Crippen LogP) is 2.40. The van der Waals surface area contributed by atoms with Crippen molar-refractivity contribution in [2.75, 3.05) is 13.6 Å². The second-order valence-corrected chi connectivity index (χ2v) is 6.66. The first kappa shape index (κ1) is 13.6. The Labute approximate surface area is 113 Å². The number of aryl methyl sites for hydroxylation is 1. The molecule has 0 spiro atoms. The van der Waals surface area contributed by atoms with Gasteiger partial charge in [0.25, 0.3) is 0 Å². The molecule has 3 nitrogen and oxygen atoms in total. The molecule has 1 aromatic heterocycles. The topological polar surface area (TPSA) is 32.3 Å². The minimum absolute atomic E-state index is 0.201. The summed E-state index contributed by atoms with van der Waals surface area (Å²) in [6, 6.07) is 4.70. The van der Waals surface area contributed by atoms with Gasteiger partial charge in [-0.1, -0.05) is 0 Å². The van der Waals surface area contributed by atoms with E-state index in [0.29, 0.717) is 11.9 Å². The molecule has 0 aromatic carbocycles. The van der Waals surface area contributed by atoms with Crippen molar-refractivity contribution in [3.63, 3.8) is 0 Å². The van der Waals surface area contributed by atoms with Gasteiger partial charge in [-0.15, -0.1) is 11.3 Å². The van der Waals surface area contributed by atoms with Gasteiger partial charge in [-0.25, -0.2) is 0 Å². The number of thiophene rings is 1. The molecule has 2 heterocycles. The van der Waals surface area contributed by atoms with E-state index in [4.69, 9.17) is 0 Å². The lowest BCUT2D eigenvalue weighted by Crippen LogP contribution is -2.42. The third-order valence-corrected chi connectivity index (χ3v) is 4.52. The molecule has 4 heteroatoms. The molecule has 100 valence electrons. The molecule has 1 saturated heterocycles. The highest BCUT2D eigenvalue weighted by Gasteiger charge is 2.27. The molecule has 0 radical (unpaired) electrons. The first-order valence-electron chi connectivity index (χ1n) is 6.60. The normalized spacial score (nSPS) is 23.9. The molecule has 2 atom stereocenters. The molecule has 0 saturated carbocycles. The highest BCUT2D eigenvalue weighted by Crippen LogP contribution is 2.21. The summed E-state index contributed by atoms with van der Waals surface area (Å²) >= 11 is 1.77. The van der Waals surface area contributed by atoms with Gasteiger partial charge >= 0.3 is 0 Å². The molecule has 1 aliphatic heterocycles. The standard InChI is InChI=1S/C14H22N2OS/c1-10-8-12(6-7-15-10)14(17)16(3)9-13-5-4-11(2)18-13/h4-5,10,12,15H,6-9H2,1-3H3/t10-,12-/m0/s1. The van der Waals surface area contributed by atoms with E-state index < -0.39 is 0 Å². The molecule has 1 fully saturated rings. The minimum Gasteiger partial charge on any atom is -0.340 e. The zero-order valence-electron chi connectivity index (χ0n) is 11.4.